The van der Waals surface area contributed by atoms with Gasteiger partial charge in [0.1, 0.15) is 0 Å². The standard InChI is InChI=1S/C12H21N/c1-2-11-5-7-13-6-4-10(9-13)8-12(11)3-1/h10-12H,1-9H2. The molecule has 2 aliphatic heterocycles. The summed E-state index contributed by atoms with van der Waals surface area (Å²) in [5.74, 6) is 3.32. The van der Waals surface area contributed by atoms with E-state index in [1.165, 1.54) is 38.9 Å². The van der Waals surface area contributed by atoms with Crippen LogP contribution >= 0.6 is 0 Å². The average molecular weight is 179 g/mol. The van der Waals surface area contributed by atoms with Gasteiger partial charge in [-0.05, 0) is 50.1 Å². The molecule has 1 aliphatic carbocycles. The van der Waals surface area contributed by atoms with Crippen LogP contribution in [-0.2, 0) is 0 Å². The average Bonchev–Trinajstić information content (AvgIpc) is 2.67. The molecule has 0 amide bonds. The van der Waals surface area contributed by atoms with Gasteiger partial charge in [0.25, 0.3) is 0 Å². The minimum absolute atomic E-state index is 1.07. The van der Waals surface area contributed by atoms with Crippen molar-refractivity contribution in [1.82, 2.24) is 4.90 Å². The first-order valence-electron chi connectivity index (χ1n) is 6.14. The number of rotatable bonds is 0. The smallest absolute Gasteiger partial charge is 0.00102 e. The van der Waals surface area contributed by atoms with Crippen molar-refractivity contribution in [1.29, 1.82) is 0 Å². The Morgan fingerprint density at radius 3 is 2.69 bits per heavy atom. The first-order valence-corrected chi connectivity index (χ1v) is 6.14. The van der Waals surface area contributed by atoms with Crippen molar-refractivity contribution in [2.75, 3.05) is 19.6 Å². The Balaban J connectivity index is 1.73. The molecule has 4 atom stereocenters. The van der Waals surface area contributed by atoms with Crippen LogP contribution in [-0.4, -0.2) is 24.5 Å². The normalized spacial score (nSPS) is 49.8. The van der Waals surface area contributed by atoms with Gasteiger partial charge in [-0.3, -0.25) is 0 Å². The van der Waals surface area contributed by atoms with Crippen molar-refractivity contribution in [2.45, 2.75) is 38.5 Å². The summed E-state index contributed by atoms with van der Waals surface area (Å²) in [6.45, 7) is 4.25. The second kappa shape index (κ2) is 3.27. The van der Waals surface area contributed by atoms with Crippen molar-refractivity contribution >= 4 is 0 Å². The molecule has 0 N–H and O–H groups in total. The van der Waals surface area contributed by atoms with Crippen molar-refractivity contribution in [3.05, 3.63) is 0 Å². The Morgan fingerprint density at radius 1 is 0.846 bits per heavy atom. The summed E-state index contributed by atoms with van der Waals surface area (Å²) in [6.07, 6.45) is 9.22. The first-order chi connectivity index (χ1) is 6.42. The van der Waals surface area contributed by atoms with Gasteiger partial charge >= 0.3 is 0 Å². The zero-order valence-corrected chi connectivity index (χ0v) is 8.54. The van der Waals surface area contributed by atoms with E-state index in [0.717, 1.165) is 17.8 Å². The second-order valence-corrected chi connectivity index (χ2v) is 5.43. The van der Waals surface area contributed by atoms with Crippen molar-refractivity contribution in [3.8, 4) is 0 Å². The lowest BCUT2D eigenvalue weighted by Gasteiger charge is -2.27. The minimum atomic E-state index is 1.07. The summed E-state index contributed by atoms with van der Waals surface area (Å²) in [6, 6.07) is 0. The van der Waals surface area contributed by atoms with Gasteiger partial charge in [0.15, 0.2) is 0 Å². The van der Waals surface area contributed by atoms with Gasteiger partial charge in [0.2, 0.25) is 0 Å². The third-order valence-corrected chi connectivity index (χ3v) is 4.64. The number of hydrogen-bond acceptors (Lipinski definition) is 1. The Morgan fingerprint density at radius 2 is 1.69 bits per heavy atom. The molecule has 2 saturated heterocycles. The Labute approximate surface area is 81.5 Å². The fourth-order valence-electron chi connectivity index (χ4n) is 3.89. The number of nitrogens with zero attached hydrogens (tertiary/aromatic N) is 1. The molecule has 3 aliphatic rings. The van der Waals surface area contributed by atoms with E-state index in [4.69, 9.17) is 0 Å². The molecule has 0 aromatic heterocycles. The highest BCUT2D eigenvalue weighted by atomic mass is 15.1. The highest BCUT2D eigenvalue weighted by Gasteiger charge is 2.34. The quantitative estimate of drug-likeness (QED) is 0.552. The Hall–Kier alpha value is -0.0400. The molecule has 1 saturated carbocycles. The number of hydrogen-bond donors (Lipinski definition) is 0. The molecular formula is C12H21N. The molecule has 0 aromatic rings. The summed E-state index contributed by atoms with van der Waals surface area (Å²) in [5, 5.41) is 0. The topological polar surface area (TPSA) is 3.24 Å². The third-order valence-electron chi connectivity index (χ3n) is 4.64. The zero-order chi connectivity index (χ0) is 8.67. The van der Waals surface area contributed by atoms with Gasteiger partial charge < -0.3 is 4.90 Å². The molecule has 13 heavy (non-hydrogen) atoms. The van der Waals surface area contributed by atoms with Crippen LogP contribution in [0.3, 0.4) is 0 Å². The van der Waals surface area contributed by atoms with Crippen molar-refractivity contribution < 1.29 is 0 Å². The van der Waals surface area contributed by atoms with Crippen molar-refractivity contribution in [2.24, 2.45) is 17.8 Å². The van der Waals surface area contributed by atoms with E-state index in [9.17, 15) is 0 Å². The van der Waals surface area contributed by atoms with Gasteiger partial charge in [-0.15, -0.1) is 0 Å². The van der Waals surface area contributed by atoms with Gasteiger partial charge in [-0.25, -0.2) is 0 Å². The van der Waals surface area contributed by atoms with E-state index in [1.54, 1.807) is 19.3 Å². The van der Waals surface area contributed by atoms with E-state index in [2.05, 4.69) is 4.90 Å². The summed E-state index contributed by atoms with van der Waals surface area (Å²) >= 11 is 0. The van der Waals surface area contributed by atoms with Crippen LogP contribution in [0.4, 0.5) is 0 Å². The maximum absolute atomic E-state index is 2.71. The van der Waals surface area contributed by atoms with E-state index in [1.807, 2.05) is 0 Å². The van der Waals surface area contributed by atoms with E-state index < -0.39 is 0 Å². The van der Waals surface area contributed by atoms with E-state index in [0.29, 0.717) is 0 Å². The fourth-order valence-corrected chi connectivity index (χ4v) is 3.89. The molecule has 4 unspecified atom stereocenters. The lowest BCUT2D eigenvalue weighted by atomic mass is 9.84. The Kier molecular flexibility index (Phi) is 2.08. The molecule has 0 spiro atoms. The van der Waals surface area contributed by atoms with Crippen molar-refractivity contribution in [3.63, 3.8) is 0 Å². The molecule has 1 heteroatoms. The van der Waals surface area contributed by atoms with E-state index >= 15 is 0 Å². The maximum atomic E-state index is 2.71. The minimum Gasteiger partial charge on any atom is -0.303 e. The largest absolute Gasteiger partial charge is 0.303 e. The SMILES string of the molecule is C1CC2CCN3CCC(CC2C1)C3. The van der Waals surface area contributed by atoms with Crippen LogP contribution in [0.2, 0.25) is 0 Å². The molecule has 74 valence electrons. The van der Waals surface area contributed by atoms with Crippen LogP contribution in [0.5, 0.6) is 0 Å². The zero-order valence-electron chi connectivity index (χ0n) is 8.54. The van der Waals surface area contributed by atoms with Gasteiger partial charge in [0.05, 0.1) is 0 Å². The summed E-state index contributed by atoms with van der Waals surface area (Å²) in [5.41, 5.74) is 0. The predicted molar refractivity (Wildman–Crippen MR) is 54.6 cm³/mol. The molecule has 0 aromatic carbocycles. The monoisotopic (exact) mass is 179 g/mol. The van der Waals surface area contributed by atoms with Crippen LogP contribution in [0.15, 0.2) is 0 Å². The van der Waals surface area contributed by atoms with Crippen LogP contribution in [0, 0.1) is 17.8 Å². The maximum Gasteiger partial charge on any atom is 0.00102 e. The molecule has 1 nitrogen and oxygen atoms in total. The Bertz CT molecular complexity index is 190. The molecule has 3 rings (SSSR count). The molecule has 2 bridgehead atoms. The first kappa shape index (κ1) is 8.28. The van der Waals surface area contributed by atoms with E-state index in [-0.39, 0.29) is 0 Å². The van der Waals surface area contributed by atoms with Crippen LogP contribution in [0.25, 0.3) is 0 Å². The summed E-state index contributed by atoms with van der Waals surface area (Å²) < 4.78 is 0. The van der Waals surface area contributed by atoms with Crippen LogP contribution in [0.1, 0.15) is 38.5 Å². The van der Waals surface area contributed by atoms with Crippen LogP contribution < -0.4 is 0 Å². The lowest BCUT2D eigenvalue weighted by Crippen LogP contribution is -2.28. The number of fused-ring (bicyclic) bond motifs is 3. The molecule has 3 fully saturated rings. The third kappa shape index (κ3) is 1.52. The molecular weight excluding hydrogens is 158 g/mol. The lowest BCUT2D eigenvalue weighted by molar-refractivity contribution is 0.215. The van der Waals surface area contributed by atoms with Gasteiger partial charge in [-0.1, -0.05) is 19.3 Å². The molecule has 0 radical (unpaired) electrons. The highest BCUT2D eigenvalue weighted by molar-refractivity contribution is 4.87. The van der Waals surface area contributed by atoms with Gasteiger partial charge in [-0.2, -0.15) is 0 Å². The summed E-state index contributed by atoms with van der Waals surface area (Å²) in [4.78, 5) is 2.71. The molecule has 2 heterocycles. The van der Waals surface area contributed by atoms with Gasteiger partial charge in [0, 0.05) is 6.54 Å². The predicted octanol–water partition coefficient (Wildman–Crippen LogP) is 2.52. The highest BCUT2D eigenvalue weighted by Crippen LogP contribution is 2.41. The summed E-state index contributed by atoms with van der Waals surface area (Å²) in [7, 11) is 0. The second-order valence-electron chi connectivity index (χ2n) is 5.43. The fraction of sp³-hybridized carbons (Fsp3) is 1.00.